The standard InChI is InChI=1S/C25H33N3O4S/c1-19(2)18-25(30)27-22-11-9-21(10-12-22)26-24(29)15-8-20-6-13-23(14-7-20)33(31,32)28-16-4-3-5-17-28/h6-7,9-14,19H,3-5,8,15-18H2,1-2H3,(H,26,29)(H,27,30). The first-order valence-corrected chi connectivity index (χ1v) is 13.0. The molecule has 0 bridgehead atoms. The van der Waals surface area contributed by atoms with Crippen molar-refractivity contribution in [2.24, 2.45) is 5.92 Å². The van der Waals surface area contributed by atoms with E-state index in [0.29, 0.717) is 48.1 Å². The van der Waals surface area contributed by atoms with E-state index >= 15 is 0 Å². The molecule has 2 N–H and O–H groups in total. The van der Waals surface area contributed by atoms with E-state index in [9.17, 15) is 18.0 Å². The summed E-state index contributed by atoms with van der Waals surface area (Å²) in [4.78, 5) is 24.5. The summed E-state index contributed by atoms with van der Waals surface area (Å²) in [6, 6.07) is 13.8. The minimum absolute atomic E-state index is 0.0310. The fourth-order valence-electron chi connectivity index (χ4n) is 3.78. The SMILES string of the molecule is CC(C)CC(=O)Nc1ccc(NC(=O)CCc2ccc(S(=O)(=O)N3CCCCC3)cc2)cc1. The van der Waals surface area contributed by atoms with E-state index in [1.54, 1.807) is 52.8 Å². The number of carbonyl (C=O) groups excluding carboxylic acids is 2. The number of rotatable bonds is 9. The lowest BCUT2D eigenvalue weighted by molar-refractivity contribution is -0.117. The van der Waals surface area contributed by atoms with E-state index in [1.807, 2.05) is 13.8 Å². The molecule has 33 heavy (non-hydrogen) atoms. The van der Waals surface area contributed by atoms with E-state index in [-0.39, 0.29) is 18.2 Å². The van der Waals surface area contributed by atoms with Crippen LogP contribution in [-0.4, -0.2) is 37.6 Å². The summed E-state index contributed by atoms with van der Waals surface area (Å²) >= 11 is 0. The van der Waals surface area contributed by atoms with Crippen molar-refractivity contribution in [3.63, 3.8) is 0 Å². The fraction of sp³-hybridized carbons (Fsp3) is 0.440. The molecule has 1 saturated heterocycles. The van der Waals surface area contributed by atoms with Crippen LogP contribution < -0.4 is 10.6 Å². The maximum atomic E-state index is 12.7. The molecule has 2 aromatic carbocycles. The van der Waals surface area contributed by atoms with Gasteiger partial charge in [-0.15, -0.1) is 0 Å². The van der Waals surface area contributed by atoms with Crippen LogP contribution in [0.2, 0.25) is 0 Å². The number of carbonyl (C=O) groups is 2. The van der Waals surface area contributed by atoms with E-state index in [2.05, 4.69) is 10.6 Å². The Morgan fingerprint density at radius 1 is 0.848 bits per heavy atom. The number of anilines is 2. The molecule has 0 unspecified atom stereocenters. The third-order valence-electron chi connectivity index (χ3n) is 5.56. The van der Waals surface area contributed by atoms with Gasteiger partial charge in [0.05, 0.1) is 4.90 Å². The Hall–Kier alpha value is -2.71. The molecular weight excluding hydrogens is 438 g/mol. The van der Waals surface area contributed by atoms with Gasteiger partial charge in [0.15, 0.2) is 0 Å². The summed E-state index contributed by atoms with van der Waals surface area (Å²) in [6.07, 6.45) is 4.14. The lowest BCUT2D eigenvalue weighted by atomic mass is 10.1. The highest BCUT2D eigenvalue weighted by Gasteiger charge is 2.25. The molecule has 0 atom stereocenters. The third kappa shape index (κ3) is 7.40. The summed E-state index contributed by atoms with van der Waals surface area (Å²) in [5.74, 6) is 0.131. The van der Waals surface area contributed by atoms with Crippen LogP contribution in [0.1, 0.15) is 51.5 Å². The van der Waals surface area contributed by atoms with Crippen LogP contribution in [0.15, 0.2) is 53.4 Å². The molecule has 0 radical (unpaired) electrons. The van der Waals surface area contributed by atoms with Crippen molar-refractivity contribution in [1.29, 1.82) is 0 Å². The summed E-state index contributed by atoms with van der Waals surface area (Å²) in [5, 5.41) is 5.69. The molecule has 1 fully saturated rings. The number of hydrogen-bond acceptors (Lipinski definition) is 4. The van der Waals surface area contributed by atoms with E-state index in [0.717, 1.165) is 24.8 Å². The Bertz CT molecular complexity index is 1040. The molecule has 3 rings (SSSR count). The predicted octanol–water partition coefficient (Wildman–Crippen LogP) is 4.42. The zero-order valence-electron chi connectivity index (χ0n) is 19.3. The van der Waals surface area contributed by atoms with Crippen LogP contribution in [-0.2, 0) is 26.0 Å². The number of benzene rings is 2. The smallest absolute Gasteiger partial charge is 0.243 e. The zero-order chi connectivity index (χ0) is 23.8. The Morgan fingerprint density at radius 2 is 1.39 bits per heavy atom. The number of sulfonamides is 1. The van der Waals surface area contributed by atoms with Crippen LogP contribution in [0.5, 0.6) is 0 Å². The van der Waals surface area contributed by atoms with Crippen molar-refractivity contribution < 1.29 is 18.0 Å². The van der Waals surface area contributed by atoms with Crippen molar-refractivity contribution in [3.8, 4) is 0 Å². The van der Waals surface area contributed by atoms with Crippen LogP contribution in [0.25, 0.3) is 0 Å². The largest absolute Gasteiger partial charge is 0.326 e. The number of aryl methyl sites for hydroxylation is 1. The molecule has 7 nitrogen and oxygen atoms in total. The van der Waals surface area contributed by atoms with Gasteiger partial charge in [0, 0.05) is 37.3 Å². The molecule has 1 heterocycles. The first kappa shape index (κ1) is 24.9. The highest BCUT2D eigenvalue weighted by molar-refractivity contribution is 7.89. The number of amides is 2. The van der Waals surface area contributed by atoms with Crippen molar-refractivity contribution in [3.05, 3.63) is 54.1 Å². The summed E-state index contributed by atoms with van der Waals surface area (Å²) in [7, 11) is -3.44. The normalized spacial score (nSPS) is 14.8. The Balaban J connectivity index is 1.48. The molecule has 0 aromatic heterocycles. The minimum Gasteiger partial charge on any atom is -0.326 e. The Morgan fingerprint density at radius 3 is 1.94 bits per heavy atom. The number of nitrogens with zero attached hydrogens (tertiary/aromatic N) is 1. The molecule has 0 spiro atoms. The zero-order valence-corrected chi connectivity index (χ0v) is 20.2. The molecular formula is C25H33N3O4S. The monoisotopic (exact) mass is 471 g/mol. The number of piperidine rings is 1. The molecule has 178 valence electrons. The maximum absolute atomic E-state index is 12.7. The van der Waals surface area contributed by atoms with Gasteiger partial charge in [0.25, 0.3) is 0 Å². The van der Waals surface area contributed by atoms with Crippen LogP contribution in [0.4, 0.5) is 11.4 Å². The van der Waals surface area contributed by atoms with Crippen LogP contribution >= 0.6 is 0 Å². The lowest BCUT2D eigenvalue weighted by Gasteiger charge is -2.25. The lowest BCUT2D eigenvalue weighted by Crippen LogP contribution is -2.35. The van der Waals surface area contributed by atoms with Gasteiger partial charge in [-0.25, -0.2) is 8.42 Å². The first-order valence-electron chi connectivity index (χ1n) is 11.5. The molecule has 2 aromatic rings. The average Bonchev–Trinajstić information content (AvgIpc) is 2.79. The molecule has 1 aliphatic rings. The third-order valence-corrected chi connectivity index (χ3v) is 7.48. The molecule has 0 aliphatic carbocycles. The van der Waals surface area contributed by atoms with Crippen LogP contribution in [0.3, 0.4) is 0 Å². The predicted molar refractivity (Wildman–Crippen MR) is 131 cm³/mol. The molecule has 2 amide bonds. The van der Waals surface area contributed by atoms with E-state index in [4.69, 9.17) is 0 Å². The first-order chi connectivity index (χ1) is 15.7. The Labute approximate surface area is 196 Å². The second-order valence-electron chi connectivity index (χ2n) is 8.88. The van der Waals surface area contributed by atoms with Gasteiger partial charge in [-0.05, 0) is 67.1 Å². The van der Waals surface area contributed by atoms with Crippen molar-refractivity contribution in [2.75, 3.05) is 23.7 Å². The second-order valence-corrected chi connectivity index (χ2v) is 10.8. The Kier molecular flexibility index (Phi) is 8.63. The average molecular weight is 472 g/mol. The molecule has 1 aliphatic heterocycles. The summed E-state index contributed by atoms with van der Waals surface area (Å²) in [6.45, 7) is 5.14. The number of nitrogens with one attached hydrogen (secondary N) is 2. The second kappa shape index (κ2) is 11.4. The van der Waals surface area contributed by atoms with Crippen LogP contribution in [0, 0.1) is 5.92 Å². The number of hydrogen-bond donors (Lipinski definition) is 2. The van der Waals surface area contributed by atoms with Gasteiger partial charge in [-0.1, -0.05) is 32.4 Å². The van der Waals surface area contributed by atoms with E-state index < -0.39 is 10.0 Å². The summed E-state index contributed by atoms with van der Waals surface area (Å²) in [5.41, 5.74) is 2.26. The van der Waals surface area contributed by atoms with Crippen molar-refractivity contribution >= 4 is 33.2 Å². The van der Waals surface area contributed by atoms with Gasteiger partial charge in [-0.2, -0.15) is 4.31 Å². The maximum Gasteiger partial charge on any atom is 0.243 e. The molecule has 0 saturated carbocycles. The topological polar surface area (TPSA) is 95.6 Å². The van der Waals surface area contributed by atoms with Crippen molar-refractivity contribution in [1.82, 2.24) is 4.31 Å². The van der Waals surface area contributed by atoms with Gasteiger partial charge < -0.3 is 10.6 Å². The summed E-state index contributed by atoms with van der Waals surface area (Å²) < 4.78 is 27.0. The van der Waals surface area contributed by atoms with Gasteiger partial charge in [0.1, 0.15) is 0 Å². The van der Waals surface area contributed by atoms with Gasteiger partial charge in [0.2, 0.25) is 21.8 Å². The van der Waals surface area contributed by atoms with Crippen molar-refractivity contribution in [2.45, 2.75) is 57.3 Å². The highest BCUT2D eigenvalue weighted by atomic mass is 32.2. The molecule has 8 heteroatoms. The highest BCUT2D eigenvalue weighted by Crippen LogP contribution is 2.21. The minimum atomic E-state index is -3.44. The van der Waals surface area contributed by atoms with Gasteiger partial charge in [-0.3, -0.25) is 9.59 Å². The fourth-order valence-corrected chi connectivity index (χ4v) is 5.30. The van der Waals surface area contributed by atoms with Gasteiger partial charge >= 0.3 is 0 Å². The van der Waals surface area contributed by atoms with E-state index in [1.165, 1.54) is 0 Å². The quantitative estimate of drug-likeness (QED) is 0.566.